The number of carboxylic acids is 1. The molecule has 3 aromatic carbocycles. The summed E-state index contributed by atoms with van der Waals surface area (Å²) in [5.74, 6) is 0.113. The zero-order chi connectivity index (χ0) is 24.6. The van der Waals surface area contributed by atoms with Gasteiger partial charge in [-0.15, -0.1) is 0 Å². The number of nitrogens with zero attached hydrogens (tertiary/aromatic N) is 2. The number of anilines is 4. The van der Waals surface area contributed by atoms with Crippen molar-refractivity contribution in [1.82, 2.24) is 9.97 Å². The first-order valence-electron chi connectivity index (χ1n) is 11.0. The van der Waals surface area contributed by atoms with Crippen molar-refractivity contribution in [3.8, 4) is 11.5 Å². The Kier molecular flexibility index (Phi) is 7.42. The molecule has 1 atom stereocenters. The van der Waals surface area contributed by atoms with Gasteiger partial charge in [0.2, 0.25) is 5.95 Å². The molecule has 35 heavy (non-hydrogen) atoms. The fraction of sp³-hybridized carbons (Fsp3) is 0.148. The number of carboxylic acid groups (broad SMARTS) is 1. The predicted molar refractivity (Wildman–Crippen MR) is 135 cm³/mol. The third-order valence-corrected chi connectivity index (χ3v) is 5.43. The summed E-state index contributed by atoms with van der Waals surface area (Å²) in [5.41, 5.74) is 2.89. The number of aliphatic carboxylic acids is 1. The highest BCUT2D eigenvalue weighted by atomic mass is 16.5. The maximum Gasteiger partial charge on any atom is 0.311 e. The van der Waals surface area contributed by atoms with Crippen LogP contribution in [0.25, 0.3) is 0 Å². The minimum absolute atomic E-state index is 0.159. The number of ether oxygens (including phenoxy) is 2. The van der Waals surface area contributed by atoms with E-state index in [9.17, 15) is 9.90 Å². The van der Waals surface area contributed by atoms with Gasteiger partial charge < -0.3 is 25.2 Å². The average molecular weight is 471 g/mol. The van der Waals surface area contributed by atoms with Gasteiger partial charge in [0.05, 0.1) is 20.1 Å². The lowest BCUT2D eigenvalue weighted by molar-refractivity contribution is -0.138. The van der Waals surface area contributed by atoms with Crippen molar-refractivity contribution in [3.63, 3.8) is 0 Å². The van der Waals surface area contributed by atoms with Crippen LogP contribution in [0.4, 0.5) is 23.1 Å². The smallest absolute Gasteiger partial charge is 0.311 e. The number of nitrogens with one attached hydrogen (secondary N) is 2. The van der Waals surface area contributed by atoms with Gasteiger partial charge in [0.15, 0.2) is 0 Å². The number of rotatable bonds is 10. The van der Waals surface area contributed by atoms with Gasteiger partial charge in [-0.3, -0.25) is 4.79 Å². The van der Waals surface area contributed by atoms with Crippen molar-refractivity contribution in [2.75, 3.05) is 24.9 Å². The standard InChI is InChI=1S/C27H26N4O4/c1-34-22-13-18(14-23(16-22)35-2)24(26(32)33)15-19-17-28-27(30-21-11-7-4-8-12-21)31-25(19)29-20-9-5-3-6-10-20/h3-14,16-17,24H,15H2,1-2H3,(H,32,33)(H2,28,29,30,31). The number of methoxy groups -OCH3 is 2. The van der Waals surface area contributed by atoms with Gasteiger partial charge in [-0.05, 0) is 48.4 Å². The first-order valence-corrected chi connectivity index (χ1v) is 11.0. The Morgan fingerprint density at radius 2 is 1.46 bits per heavy atom. The molecule has 0 bridgehead atoms. The highest BCUT2D eigenvalue weighted by Gasteiger charge is 2.24. The lowest BCUT2D eigenvalue weighted by Gasteiger charge is -2.18. The van der Waals surface area contributed by atoms with Gasteiger partial charge >= 0.3 is 5.97 Å². The molecule has 8 heteroatoms. The summed E-state index contributed by atoms with van der Waals surface area (Å²) in [6, 6.07) is 24.3. The normalized spacial score (nSPS) is 11.4. The van der Waals surface area contributed by atoms with Gasteiger partial charge in [-0.2, -0.15) is 4.98 Å². The topological polar surface area (TPSA) is 106 Å². The molecule has 4 rings (SSSR count). The minimum atomic E-state index is -0.975. The van der Waals surface area contributed by atoms with Gasteiger partial charge in [-0.25, -0.2) is 4.98 Å². The fourth-order valence-electron chi connectivity index (χ4n) is 3.63. The lowest BCUT2D eigenvalue weighted by Crippen LogP contribution is -2.16. The summed E-state index contributed by atoms with van der Waals surface area (Å²) >= 11 is 0. The maximum absolute atomic E-state index is 12.3. The van der Waals surface area contributed by atoms with Crippen LogP contribution in [-0.4, -0.2) is 35.3 Å². The number of aromatic nitrogens is 2. The van der Waals surface area contributed by atoms with E-state index >= 15 is 0 Å². The zero-order valence-corrected chi connectivity index (χ0v) is 19.4. The van der Waals surface area contributed by atoms with Crippen LogP contribution in [0.15, 0.2) is 85.1 Å². The van der Waals surface area contributed by atoms with Crippen molar-refractivity contribution < 1.29 is 19.4 Å². The van der Waals surface area contributed by atoms with Gasteiger partial charge in [-0.1, -0.05) is 36.4 Å². The Hall–Kier alpha value is -4.59. The Balaban J connectivity index is 1.70. The molecule has 0 aliphatic heterocycles. The van der Waals surface area contributed by atoms with Crippen LogP contribution >= 0.6 is 0 Å². The van der Waals surface area contributed by atoms with E-state index in [1.54, 1.807) is 24.4 Å². The highest BCUT2D eigenvalue weighted by Crippen LogP contribution is 2.32. The maximum atomic E-state index is 12.3. The Morgan fingerprint density at radius 1 is 0.886 bits per heavy atom. The van der Waals surface area contributed by atoms with Crippen LogP contribution in [-0.2, 0) is 11.2 Å². The second-order valence-electron chi connectivity index (χ2n) is 7.79. The molecule has 178 valence electrons. The van der Waals surface area contributed by atoms with E-state index in [4.69, 9.17) is 9.47 Å². The molecular formula is C27H26N4O4. The van der Waals surface area contributed by atoms with Crippen molar-refractivity contribution in [2.45, 2.75) is 12.3 Å². The summed E-state index contributed by atoms with van der Waals surface area (Å²) in [4.78, 5) is 21.4. The van der Waals surface area contributed by atoms with Crippen LogP contribution in [0.5, 0.6) is 11.5 Å². The molecule has 0 fully saturated rings. The molecule has 0 saturated carbocycles. The van der Waals surface area contributed by atoms with Gasteiger partial charge in [0.25, 0.3) is 0 Å². The molecule has 0 aliphatic rings. The monoisotopic (exact) mass is 470 g/mol. The summed E-state index contributed by atoms with van der Waals surface area (Å²) < 4.78 is 10.7. The quantitative estimate of drug-likeness (QED) is 0.283. The highest BCUT2D eigenvalue weighted by molar-refractivity contribution is 5.77. The number of hydrogen-bond acceptors (Lipinski definition) is 7. The van der Waals surface area contributed by atoms with Crippen LogP contribution in [0, 0.1) is 0 Å². The first-order chi connectivity index (χ1) is 17.1. The molecule has 0 radical (unpaired) electrons. The van der Waals surface area contributed by atoms with Crippen molar-refractivity contribution in [3.05, 3.63) is 96.2 Å². The second-order valence-corrected chi connectivity index (χ2v) is 7.79. The third kappa shape index (κ3) is 6.05. The Morgan fingerprint density at radius 3 is 2.00 bits per heavy atom. The van der Waals surface area contributed by atoms with E-state index in [0.717, 1.165) is 11.4 Å². The van der Waals surface area contributed by atoms with E-state index in [0.29, 0.717) is 34.4 Å². The van der Waals surface area contributed by atoms with E-state index < -0.39 is 11.9 Å². The number of para-hydroxylation sites is 2. The average Bonchev–Trinajstić information content (AvgIpc) is 2.89. The van der Waals surface area contributed by atoms with Crippen LogP contribution in [0.3, 0.4) is 0 Å². The number of benzene rings is 3. The molecule has 0 spiro atoms. The van der Waals surface area contributed by atoms with Crippen molar-refractivity contribution in [1.29, 1.82) is 0 Å². The lowest BCUT2D eigenvalue weighted by atomic mass is 9.92. The first kappa shape index (κ1) is 23.6. The summed E-state index contributed by atoms with van der Waals surface area (Å²) in [6.07, 6.45) is 1.81. The van der Waals surface area contributed by atoms with E-state index in [2.05, 4.69) is 20.6 Å². The molecule has 8 nitrogen and oxygen atoms in total. The molecule has 1 heterocycles. The number of carbonyl (C=O) groups is 1. The molecule has 0 saturated heterocycles. The Bertz CT molecular complexity index is 1260. The van der Waals surface area contributed by atoms with E-state index in [-0.39, 0.29) is 6.42 Å². The summed E-state index contributed by atoms with van der Waals surface area (Å²) in [5, 5.41) is 16.6. The van der Waals surface area contributed by atoms with Crippen LogP contribution in [0.1, 0.15) is 17.0 Å². The third-order valence-electron chi connectivity index (χ3n) is 5.43. The number of hydrogen-bond donors (Lipinski definition) is 3. The van der Waals surface area contributed by atoms with Gasteiger partial charge in [0.1, 0.15) is 17.3 Å². The Labute approximate surface area is 203 Å². The predicted octanol–water partition coefficient (Wildman–Crippen LogP) is 5.39. The second kappa shape index (κ2) is 11.0. The molecular weight excluding hydrogens is 444 g/mol. The van der Waals surface area contributed by atoms with Crippen LogP contribution in [0.2, 0.25) is 0 Å². The minimum Gasteiger partial charge on any atom is -0.497 e. The van der Waals surface area contributed by atoms with Gasteiger partial charge in [0, 0.05) is 29.2 Å². The molecule has 1 unspecified atom stereocenters. The van der Waals surface area contributed by atoms with E-state index in [1.807, 2.05) is 60.7 Å². The van der Waals surface area contributed by atoms with E-state index in [1.165, 1.54) is 14.2 Å². The molecule has 0 amide bonds. The van der Waals surface area contributed by atoms with Crippen molar-refractivity contribution >= 4 is 29.1 Å². The zero-order valence-electron chi connectivity index (χ0n) is 19.4. The summed E-state index contributed by atoms with van der Waals surface area (Å²) in [6.45, 7) is 0. The molecule has 1 aromatic heterocycles. The largest absolute Gasteiger partial charge is 0.497 e. The van der Waals surface area contributed by atoms with Crippen molar-refractivity contribution in [2.24, 2.45) is 0 Å². The summed E-state index contributed by atoms with van der Waals surface area (Å²) in [7, 11) is 3.06. The molecule has 3 N–H and O–H groups in total. The SMILES string of the molecule is COc1cc(OC)cc(C(Cc2cnc(Nc3ccccc3)nc2Nc2ccccc2)C(=O)O)c1. The molecule has 0 aliphatic carbocycles. The fourth-order valence-corrected chi connectivity index (χ4v) is 3.63. The molecule has 4 aromatic rings. The van der Waals surface area contributed by atoms with Crippen LogP contribution < -0.4 is 20.1 Å².